The van der Waals surface area contributed by atoms with Gasteiger partial charge in [0.05, 0.1) is 12.5 Å². The second-order valence-electron chi connectivity index (χ2n) is 6.35. The highest BCUT2D eigenvalue weighted by molar-refractivity contribution is 6.31. The molecular weight excluding hydrogens is 350 g/mol. The Bertz CT molecular complexity index is 782. The minimum Gasteiger partial charge on any atom is -0.336 e. The number of piperazine rings is 1. The Balaban J connectivity index is 1.64. The Kier molecular flexibility index (Phi) is 5.91. The van der Waals surface area contributed by atoms with Crippen LogP contribution in [0.15, 0.2) is 54.6 Å². The van der Waals surface area contributed by atoms with E-state index in [0.29, 0.717) is 24.7 Å². The molecule has 0 saturated carbocycles. The number of halogens is 1. The first-order valence-electron chi connectivity index (χ1n) is 8.63. The molecule has 0 radical (unpaired) electrons. The SMILES string of the molecule is CN(C(=O)CC1NCCN(Cc2ccccc2Cl)C1=O)c1ccccc1. The lowest BCUT2D eigenvalue weighted by atomic mass is 10.1. The third-order valence-corrected chi connectivity index (χ3v) is 4.97. The summed E-state index contributed by atoms with van der Waals surface area (Å²) < 4.78 is 0. The van der Waals surface area contributed by atoms with E-state index in [1.165, 1.54) is 0 Å². The van der Waals surface area contributed by atoms with E-state index in [1.54, 1.807) is 16.8 Å². The molecule has 2 aromatic carbocycles. The van der Waals surface area contributed by atoms with Crippen LogP contribution in [0, 0.1) is 0 Å². The van der Waals surface area contributed by atoms with Gasteiger partial charge in [-0.25, -0.2) is 0 Å². The van der Waals surface area contributed by atoms with Crippen LogP contribution in [0.5, 0.6) is 0 Å². The summed E-state index contributed by atoms with van der Waals surface area (Å²) in [6.07, 6.45) is 0.128. The topological polar surface area (TPSA) is 52.7 Å². The van der Waals surface area contributed by atoms with Crippen molar-refractivity contribution in [1.29, 1.82) is 0 Å². The maximum absolute atomic E-state index is 12.8. The third kappa shape index (κ3) is 4.23. The first-order chi connectivity index (χ1) is 12.6. The summed E-state index contributed by atoms with van der Waals surface area (Å²) in [5.41, 5.74) is 1.73. The van der Waals surface area contributed by atoms with Crippen molar-refractivity contribution >= 4 is 29.1 Å². The van der Waals surface area contributed by atoms with E-state index in [9.17, 15) is 9.59 Å². The fraction of sp³-hybridized carbons (Fsp3) is 0.300. The molecule has 0 spiro atoms. The van der Waals surface area contributed by atoms with Crippen molar-refractivity contribution in [2.75, 3.05) is 25.0 Å². The number of para-hydroxylation sites is 1. The number of amides is 2. The third-order valence-electron chi connectivity index (χ3n) is 4.60. The number of benzene rings is 2. The summed E-state index contributed by atoms with van der Waals surface area (Å²) in [6, 6.07) is 16.4. The van der Waals surface area contributed by atoms with Gasteiger partial charge in [0.15, 0.2) is 0 Å². The molecule has 0 bridgehead atoms. The van der Waals surface area contributed by atoms with Crippen LogP contribution in [0.25, 0.3) is 0 Å². The first kappa shape index (κ1) is 18.4. The first-order valence-corrected chi connectivity index (χ1v) is 9.01. The van der Waals surface area contributed by atoms with Crippen molar-refractivity contribution < 1.29 is 9.59 Å². The molecule has 5 nitrogen and oxygen atoms in total. The van der Waals surface area contributed by atoms with Gasteiger partial charge in [0, 0.05) is 37.4 Å². The normalized spacial score (nSPS) is 17.2. The van der Waals surface area contributed by atoms with Crippen LogP contribution in [0.2, 0.25) is 5.02 Å². The zero-order chi connectivity index (χ0) is 18.5. The molecule has 1 N–H and O–H groups in total. The van der Waals surface area contributed by atoms with Crippen LogP contribution in [0.3, 0.4) is 0 Å². The lowest BCUT2D eigenvalue weighted by Gasteiger charge is -2.33. The van der Waals surface area contributed by atoms with Gasteiger partial charge in [-0.3, -0.25) is 9.59 Å². The Morgan fingerprint density at radius 3 is 2.62 bits per heavy atom. The molecule has 1 heterocycles. The van der Waals surface area contributed by atoms with Crippen LogP contribution in [-0.4, -0.2) is 42.9 Å². The van der Waals surface area contributed by atoms with Gasteiger partial charge in [0.1, 0.15) is 0 Å². The highest BCUT2D eigenvalue weighted by Gasteiger charge is 2.31. The summed E-state index contributed by atoms with van der Waals surface area (Å²) in [4.78, 5) is 28.7. The molecule has 1 fully saturated rings. The number of carbonyl (C=O) groups is 2. The van der Waals surface area contributed by atoms with Crippen molar-refractivity contribution in [1.82, 2.24) is 10.2 Å². The number of nitrogens with one attached hydrogen (secondary N) is 1. The van der Waals surface area contributed by atoms with Crippen molar-refractivity contribution in [2.24, 2.45) is 0 Å². The molecular formula is C20H22ClN3O2. The van der Waals surface area contributed by atoms with E-state index in [4.69, 9.17) is 11.6 Å². The molecule has 1 saturated heterocycles. The monoisotopic (exact) mass is 371 g/mol. The number of nitrogens with zero attached hydrogens (tertiary/aromatic N) is 2. The Morgan fingerprint density at radius 1 is 1.19 bits per heavy atom. The number of rotatable bonds is 5. The maximum Gasteiger partial charge on any atom is 0.240 e. The Hall–Kier alpha value is -2.37. The van der Waals surface area contributed by atoms with Crippen LogP contribution in [0.1, 0.15) is 12.0 Å². The number of carbonyl (C=O) groups excluding carboxylic acids is 2. The average molecular weight is 372 g/mol. The van der Waals surface area contributed by atoms with Gasteiger partial charge in [-0.15, -0.1) is 0 Å². The second kappa shape index (κ2) is 8.34. The molecule has 1 aliphatic heterocycles. The van der Waals surface area contributed by atoms with Gasteiger partial charge in [0.2, 0.25) is 11.8 Å². The summed E-state index contributed by atoms with van der Waals surface area (Å²) in [6.45, 7) is 1.71. The standard InChI is InChI=1S/C20H22ClN3O2/c1-23(16-8-3-2-4-9-16)19(25)13-18-20(26)24(12-11-22-18)14-15-7-5-6-10-17(15)21/h2-10,18,22H,11-14H2,1H3. The van der Waals surface area contributed by atoms with Crippen molar-refractivity contribution in [3.8, 4) is 0 Å². The van der Waals surface area contributed by atoms with E-state index >= 15 is 0 Å². The van der Waals surface area contributed by atoms with E-state index in [-0.39, 0.29) is 18.2 Å². The molecule has 0 aromatic heterocycles. The van der Waals surface area contributed by atoms with E-state index in [2.05, 4.69) is 5.32 Å². The molecule has 136 valence electrons. The lowest BCUT2D eigenvalue weighted by molar-refractivity contribution is -0.138. The summed E-state index contributed by atoms with van der Waals surface area (Å²) >= 11 is 6.21. The van der Waals surface area contributed by atoms with Gasteiger partial charge in [0.25, 0.3) is 0 Å². The Morgan fingerprint density at radius 2 is 1.88 bits per heavy atom. The molecule has 2 aromatic rings. The van der Waals surface area contributed by atoms with Crippen molar-refractivity contribution in [2.45, 2.75) is 19.0 Å². The van der Waals surface area contributed by atoms with Gasteiger partial charge in [-0.05, 0) is 23.8 Å². The quantitative estimate of drug-likeness (QED) is 0.879. The van der Waals surface area contributed by atoms with Gasteiger partial charge in [-0.1, -0.05) is 48.0 Å². The van der Waals surface area contributed by atoms with E-state index in [1.807, 2.05) is 54.6 Å². The minimum absolute atomic E-state index is 0.0639. The molecule has 1 aliphatic rings. The van der Waals surface area contributed by atoms with Gasteiger partial charge in [-0.2, -0.15) is 0 Å². The van der Waals surface area contributed by atoms with Crippen molar-refractivity contribution in [3.05, 3.63) is 65.2 Å². The zero-order valence-corrected chi connectivity index (χ0v) is 15.4. The number of anilines is 1. The van der Waals surface area contributed by atoms with Crippen LogP contribution in [0.4, 0.5) is 5.69 Å². The van der Waals surface area contributed by atoms with Crippen molar-refractivity contribution in [3.63, 3.8) is 0 Å². The minimum atomic E-state index is -0.509. The van der Waals surface area contributed by atoms with Crippen LogP contribution >= 0.6 is 11.6 Å². The molecule has 2 amide bonds. The summed E-state index contributed by atoms with van der Waals surface area (Å²) in [5.74, 6) is -0.160. The molecule has 0 aliphatic carbocycles. The molecule has 1 unspecified atom stereocenters. The largest absolute Gasteiger partial charge is 0.336 e. The average Bonchev–Trinajstić information content (AvgIpc) is 2.66. The Labute approximate surface area is 158 Å². The second-order valence-corrected chi connectivity index (χ2v) is 6.76. The molecule has 3 rings (SSSR count). The zero-order valence-electron chi connectivity index (χ0n) is 14.7. The van der Waals surface area contributed by atoms with E-state index < -0.39 is 6.04 Å². The fourth-order valence-electron chi connectivity index (χ4n) is 3.05. The number of hydrogen-bond donors (Lipinski definition) is 1. The summed E-state index contributed by atoms with van der Waals surface area (Å²) in [7, 11) is 1.73. The van der Waals surface area contributed by atoms with E-state index in [0.717, 1.165) is 11.3 Å². The lowest BCUT2D eigenvalue weighted by Crippen LogP contribution is -2.56. The van der Waals surface area contributed by atoms with Gasteiger partial charge >= 0.3 is 0 Å². The highest BCUT2D eigenvalue weighted by Crippen LogP contribution is 2.19. The molecule has 1 atom stereocenters. The van der Waals surface area contributed by atoms with Crippen LogP contribution in [-0.2, 0) is 16.1 Å². The molecule has 26 heavy (non-hydrogen) atoms. The summed E-state index contributed by atoms with van der Waals surface area (Å²) in [5, 5.41) is 3.81. The predicted molar refractivity (Wildman–Crippen MR) is 103 cm³/mol. The fourth-order valence-corrected chi connectivity index (χ4v) is 3.24. The van der Waals surface area contributed by atoms with Crippen LogP contribution < -0.4 is 10.2 Å². The predicted octanol–water partition coefficient (Wildman–Crippen LogP) is 2.69. The smallest absolute Gasteiger partial charge is 0.240 e. The number of hydrogen-bond acceptors (Lipinski definition) is 3. The van der Waals surface area contributed by atoms with Gasteiger partial charge < -0.3 is 15.1 Å². The molecule has 6 heteroatoms. The maximum atomic E-state index is 12.8. The highest BCUT2D eigenvalue weighted by atomic mass is 35.5.